The van der Waals surface area contributed by atoms with Crippen LogP contribution in [0, 0.1) is 0 Å². The van der Waals surface area contributed by atoms with Gasteiger partial charge in [0.05, 0.1) is 25.5 Å². The zero-order valence-corrected chi connectivity index (χ0v) is 18.1. The Morgan fingerprint density at radius 3 is 2.31 bits per heavy atom. The van der Waals surface area contributed by atoms with Gasteiger partial charge in [-0.25, -0.2) is 9.97 Å². The van der Waals surface area contributed by atoms with E-state index in [1.54, 1.807) is 14.2 Å². The van der Waals surface area contributed by atoms with E-state index in [0.29, 0.717) is 5.92 Å². The van der Waals surface area contributed by atoms with Crippen LogP contribution in [0.1, 0.15) is 55.3 Å². The molecule has 2 aliphatic heterocycles. The van der Waals surface area contributed by atoms with E-state index in [-0.39, 0.29) is 0 Å². The first-order chi connectivity index (χ1) is 14.1. The predicted molar refractivity (Wildman–Crippen MR) is 115 cm³/mol. The normalized spacial score (nSPS) is 16.9. The van der Waals surface area contributed by atoms with Gasteiger partial charge in [-0.3, -0.25) is 4.90 Å². The summed E-state index contributed by atoms with van der Waals surface area (Å²) >= 11 is 0. The standard InChI is InChI=1S/C23H32N4O2/c1-16(2)22-24-19-15-26(14-18-20(28-3)8-7-9-21(18)29-4)13-10-17(19)23(25-22)27-11-5-6-12-27/h7-9,16H,5-6,10-15H2,1-4H3. The van der Waals surface area contributed by atoms with Crippen LogP contribution in [0.3, 0.4) is 0 Å². The van der Waals surface area contributed by atoms with Crippen LogP contribution in [0.15, 0.2) is 18.2 Å². The fourth-order valence-corrected chi connectivity index (χ4v) is 4.37. The topological polar surface area (TPSA) is 50.7 Å². The number of anilines is 1. The lowest BCUT2D eigenvalue weighted by Crippen LogP contribution is -2.34. The molecule has 1 fully saturated rings. The van der Waals surface area contributed by atoms with Crippen LogP contribution < -0.4 is 14.4 Å². The third-order valence-corrected chi connectivity index (χ3v) is 5.97. The summed E-state index contributed by atoms with van der Waals surface area (Å²) in [5.74, 6) is 4.22. The maximum atomic E-state index is 5.60. The molecule has 3 heterocycles. The summed E-state index contributed by atoms with van der Waals surface area (Å²) in [7, 11) is 3.43. The zero-order valence-electron chi connectivity index (χ0n) is 18.1. The molecular weight excluding hydrogens is 364 g/mol. The second-order valence-corrected chi connectivity index (χ2v) is 8.28. The van der Waals surface area contributed by atoms with Crippen LogP contribution in [-0.2, 0) is 19.5 Å². The van der Waals surface area contributed by atoms with Crippen molar-refractivity contribution in [3.05, 3.63) is 40.8 Å². The zero-order chi connectivity index (χ0) is 20.4. The Bertz CT molecular complexity index is 840. The number of aromatic nitrogens is 2. The molecule has 6 heteroatoms. The molecule has 4 rings (SSSR count). The molecule has 1 aromatic carbocycles. The van der Waals surface area contributed by atoms with E-state index in [1.165, 1.54) is 29.9 Å². The van der Waals surface area contributed by atoms with Gasteiger partial charge in [-0.2, -0.15) is 0 Å². The number of methoxy groups -OCH3 is 2. The molecule has 0 saturated carbocycles. The number of nitrogens with zero attached hydrogens (tertiary/aromatic N) is 4. The third-order valence-electron chi connectivity index (χ3n) is 5.97. The van der Waals surface area contributed by atoms with E-state index in [4.69, 9.17) is 19.4 Å². The second-order valence-electron chi connectivity index (χ2n) is 8.28. The first kappa shape index (κ1) is 20.0. The van der Waals surface area contributed by atoms with Crippen LogP contribution in [0.25, 0.3) is 0 Å². The van der Waals surface area contributed by atoms with E-state index >= 15 is 0 Å². The summed E-state index contributed by atoms with van der Waals surface area (Å²) in [6.07, 6.45) is 3.50. The van der Waals surface area contributed by atoms with Crippen molar-refractivity contribution in [2.24, 2.45) is 0 Å². The Morgan fingerprint density at radius 2 is 1.69 bits per heavy atom. The van der Waals surface area contributed by atoms with Crippen molar-refractivity contribution in [3.8, 4) is 11.5 Å². The van der Waals surface area contributed by atoms with Gasteiger partial charge in [0, 0.05) is 44.2 Å². The van der Waals surface area contributed by atoms with E-state index in [1.807, 2.05) is 18.2 Å². The molecular formula is C23H32N4O2. The molecule has 1 saturated heterocycles. The van der Waals surface area contributed by atoms with E-state index < -0.39 is 0 Å². The summed E-state index contributed by atoms with van der Waals surface area (Å²) in [4.78, 5) is 14.9. The molecule has 1 aromatic heterocycles. The fraction of sp³-hybridized carbons (Fsp3) is 0.565. The minimum absolute atomic E-state index is 0.325. The second kappa shape index (κ2) is 8.57. The monoisotopic (exact) mass is 396 g/mol. The molecule has 6 nitrogen and oxygen atoms in total. The molecule has 29 heavy (non-hydrogen) atoms. The highest BCUT2D eigenvalue weighted by molar-refractivity contribution is 5.51. The minimum Gasteiger partial charge on any atom is -0.496 e. The van der Waals surface area contributed by atoms with Crippen molar-refractivity contribution < 1.29 is 9.47 Å². The van der Waals surface area contributed by atoms with E-state index in [2.05, 4.69) is 23.6 Å². The van der Waals surface area contributed by atoms with Crippen molar-refractivity contribution in [2.75, 3.05) is 38.8 Å². The molecule has 0 radical (unpaired) electrons. The molecule has 0 spiro atoms. The molecule has 0 aliphatic carbocycles. The van der Waals surface area contributed by atoms with Crippen molar-refractivity contribution in [1.29, 1.82) is 0 Å². The molecule has 2 aromatic rings. The SMILES string of the molecule is COc1cccc(OC)c1CN1CCc2c(nc(C(C)C)nc2N2CCCC2)C1. The predicted octanol–water partition coefficient (Wildman–Crippen LogP) is 3.78. The molecule has 0 bridgehead atoms. The lowest BCUT2D eigenvalue weighted by Gasteiger charge is -2.32. The van der Waals surface area contributed by atoms with Gasteiger partial charge >= 0.3 is 0 Å². The van der Waals surface area contributed by atoms with Gasteiger partial charge in [0.2, 0.25) is 0 Å². The van der Waals surface area contributed by atoms with Crippen LogP contribution in [0.4, 0.5) is 5.82 Å². The maximum absolute atomic E-state index is 5.60. The highest BCUT2D eigenvalue weighted by atomic mass is 16.5. The lowest BCUT2D eigenvalue weighted by molar-refractivity contribution is 0.233. The third kappa shape index (κ3) is 4.04. The Labute approximate surface area is 173 Å². The average Bonchev–Trinajstić information content (AvgIpc) is 3.27. The van der Waals surface area contributed by atoms with E-state index in [9.17, 15) is 0 Å². The molecule has 0 N–H and O–H groups in total. The minimum atomic E-state index is 0.325. The first-order valence-electron chi connectivity index (χ1n) is 10.7. The number of hydrogen-bond acceptors (Lipinski definition) is 6. The van der Waals surface area contributed by atoms with Crippen molar-refractivity contribution in [2.45, 2.75) is 52.1 Å². The molecule has 156 valence electrons. The quantitative estimate of drug-likeness (QED) is 0.741. The lowest BCUT2D eigenvalue weighted by atomic mass is 10.0. The van der Waals surface area contributed by atoms with Gasteiger partial charge in [-0.05, 0) is 31.4 Å². The molecule has 0 amide bonds. The average molecular weight is 397 g/mol. The van der Waals surface area contributed by atoms with Crippen molar-refractivity contribution in [1.82, 2.24) is 14.9 Å². The summed E-state index contributed by atoms with van der Waals surface area (Å²) in [6.45, 7) is 9.18. The Hall–Kier alpha value is -2.34. The van der Waals surface area contributed by atoms with Gasteiger partial charge in [0.1, 0.15) is 23.1 Å². The van der Waals surface area contributed by atoms with E-state index in [0.717, 1.165) is 62.0 Å². The summed E-state index contributed by atoms with van der Waals surface area (Å²) in [6, 6.07) is 5.97. The number of rotatable bonds is 6. The number of fused-ring (bicyclic) bond motifs is 1. The maximum Gasteiger partial charge on any atom is 0.135 e. The van der Waals surface area contributed by atoms with Gasteiger partial charge in [-0.15, -0.1) is 0 Å². The van der Waals surface area contributed by atoms with Crippen LogP contribution in [-0.4, -0.2) is 48.7 Å². The van der Waals surface area contributed by atoms with Gasteiger partial charge in [0.25, 0.3) is 0 Å². The van der Waals surface area contributed by atoms with Gasteiger partial charge < -0.3 is 14.4 Å². The number of benzene rings is 1. The molecule has 0 atom stereocenters. The molecule has 0 unspecified atom stereocenters. The highest BCUT2D eigenvalue weighted by Gasteiger charge is 2.27. The highest BCUT2D eigenvalue weighted by Crippen LogP contribution is 2.34. The van der Waals surface area contributed by atoms with Crippen LogP contribution in [0.5, 0.6) is 11.5 Å². The van der Waals surface area contributed by atoms with Gasteiger partial charge in [-0.1, -0.05) is 19.9 Å². The smallest absolute Gasteiger partial charge is 0.135 e. The van der Waals surface area contributed by atoms with Crippen LogP contribution in [0.2, 0.25) is 0 Å². The summed E-state index contributed by atoms with van der Waals surface area (Å²) < 4.78 is 11.2. The Kier molecular flexibility index (Phi) is 5.90. The Balaban J connectivity index is 1.63. The first-order valence-corrected chi connectivity index (χ1v) is 10.7. The van der Waals surface area contributed by atoms with Crippen molar-refractivity contribution >= 4 is 5.82 Å². The fourth-order valence-electron chi connectivity index (χ4n) is 4.37. The van der Waals surface area contributed by atoms with Crippen molar-refractivity contribution in [3.63, 3.8) is 0 Å². The number of ether oxygens (including phenoxy) is 2. The molecule has 2 aliphatic rings. The Morgan fingerprint density at radius 1 is 1.00 bits per heavy atom. The van der Waals surface area contributed by atoms with Gasteiger partial charge in [0.15, 0.2) is 0 Å². The summed E-state index contributed by atoms with van der Waals surface area (Å²) in [5, 5.41) is 0. The number of hydrogen-bond donors (Lipinski definition) is 0. The largest absolute Gasteiger partial charge is 0.496 e. The van der Waals surface area contributed by atoms with Crippen LogP contribution >= 0.6 is 0 Å². The summed E-state index contributed by atoms with van der Waals surface area (Å²) in [5.41, 5.74) is 3.63.